The summed E-state index contributed by atoms with van der Waals surface area (Å²) >= 11 is 0. The summed E-state index contributed by atoms with van der Waals surface area (Å²) in [4.78, 5) is 67.0. The first-order valence-corrected chi connectivity index (χ1v) is 10.4. The van der Waals surface area contributed by atoms with E-state index in [0.717, 1.165) is 21.0 Å². The standard InChI is InChI=1S/C23H21N5O6/c29-19(12-28-22(33)15-6-2-4-8-17(15)27-23(28)34)26-18(21(32)25-11-20(30)31)9-13-10-24-16-7-3-1-5-14(13)16/h1-8,10,18,24H,9,11-12H2,(H,25,32)(H,26,29)(H,27,34)(H,30,31)/t18-/m0/s1. The molecule has 0 unspecified atom stereocenters. The van der Waals surface area contributed by atoms with Crippen LogP contribution in [-0.4, -0.2) is 50.0 Å². The SMILES string of the molecule is O=C(O)CNC(=O)[C@H](Cc1c[nH]c2ccccc12)NC(=O)Cn1c(=O)[nH]c2ccccc2c1=O. The molecule has 0 saturated carbocycles. The monoisotopic (exact) mass is 463 g/mol. The second kappa shape index (κ2) is 9.45. The van der Waals surface area contributed by atoms with E-state index < -0.39 is 48.2 Å². The molecular formula is C23H21N5O6. The molecule has 34 heavy (non-hydrogen) atoms. The average Bonchev–Trinajstić information content (AvgIpc) is 3.22. The Hall–Kier alpha value is -4.67. The van der Waals surface area contributed by atoms with Gasteiger partial charge in [0.1, 0.15) is 19.1 Å². The number of carbonyl (C=O) groups is 3. The van der Waals surface area contributed by atoms with E-state index in [1.165, 1.54) is 6.07 Å². The third-order valence-electron chi connectivity index (χ3n) is 5.36. The molecule has 2 aromatic heterocycles. The van der Waals surface area contributed by atoms with Crippen molar-refractivity contribution in [1.29, 1.82) is 0 Å². The van der Waals surface area contributed by atoms with Crippen molar-refractivity contribution in [3.63, 3.8) is 0 Å². The van der Waals surface area contributed by atoms with Crippen molar-refractivity contribution >= 4 is 39.6 Å². The Balaban J connectivity index is 1.58. The molecule has 11 nitrogen and oxygen atoms in total. The van der Waals surface area contributed by atoms with Crippen LogP contribution in [0.1, 0.15) is 5.56 Å². The lowest BCUT2D eigenvalue weighted by Gasteiger charge is -2.18. The van der Waals surface area contributed by atoms with Crippen molar-refractivity contribution in [1.82, 2.24) is 25.2 Å². The summed E-state index contributed by atoms with van der Waals surface area (Å²) in [5.41, 5.74) is 0.509. The second-order valence-corrected chi connectivity index (χ2v) is 7.66. The highest BCUT2D eigenvalue weighted by Crippen LogP contribution is 2.19. The molecule has 0 fully saturated rings. The number of hydrogen-bond acceptors (Lipinski definition) is 5. The number of aromatic amines is 2. The molecular weight excluding hydrogens is 442 g/mol. The normalized spacial score (nSPS) is 11.9. The molecule has 5 N–H and O–H groups in total. The minimum Gasteiger partial charge on any atom is -0.480 e. The van der Waals surface area contributed by atoms with Gasteiger partial charge in [0.25, 0.3) is 5.56 Å². The molecule has 0 radical (unpaired) electrons. The number of carbonyl (C=O) groups excluding carboxylic acids is 2. The number of para-hydroxylation sites is 2. The topological polar surface area (TPSA) is 166 Å². The van der Waals surface area contributed by atoms with Crippen LogP contribution in [0.2, 0.25) is 0 Å². The van der Waals surface area contributed by atoms with Gasteiger partial charge < -0.3 is 25.7 Å². The highest BCUT2D eigenvalue weighted by atomic mass is 16.4. The Morgan fingerprint density at radius 2 is 1.65 bits per heavy atom. The molecule has 0 spiro atoms. The van der Waals surface area contributed by atoms with Crippen molar-refractivity contribution in [3.8, 4) is 0 Å². The van der Waals surface area contributed by atoms with Crippen LogP contribution in [0.3, 0.4) is 0 Å². The van der Waals surface area contributed by atoms with Crippen LogP contribution in [0.25, 0.3) is 21.8 Å². The van der Waals surface area contributed by atoms with E-state index >= 15 is 0 Å². The van der Waals surface area contributed by atoms with Crippen LogP contribution < -0.4 is 21.9 Å². The molecule has 2 aromatic carbocycles. The van der Waals surface area contributed by atoms with Crippen molar-refractivity contribution in [2.24, 2.45) is 0 Å². The molecule has 2 heterocycles. The third kappa shape index (κ3) is 4.72. The maximum absolute atomic E-state index is 12.8. The zero-order valence-electron chi connectivity index (χ0n) is 17.8. The van der Waals surface area contributed by atoms with Crippen molar-refractivity contribution < 1.29 is 19.5 Å². The van der Waals surface area contributed by atoms with Crippen LogP contribution in [0.5, 0.6) is 0 Å². The van der Waals surface area contributed by atoms with E-state index in [2.05, 4.69) is 20.6 Å². The van der Waals surface area contributed by atoms with Gasteiger partial charge in [0, 0.05) is 23.5 Å². The number of carboxylic acids is 1. The predicted octanol–water partition coefficient (Wildman–Crippen LogP) is 0.0994. The van der Waals surface area contributed by atoms with Gasteiger partial charge in [-0.25, -0.2) is 4.79 Å². The zero-order chi connectivity index (χ0) is 24.2. The minimum atomic E-state index is -1.24. The van der Waals surface area contributed by atoms with Crippen LogP contribution in [0.15, 0.2) is 64.3 Å². The van der Waals surface area contributed by atoms with Gasteiger partial charge in [0.2, 0.25) is 11.8 Å². The number of H-pyrrole nitrogens is 2. The molecule has 11 heteroatoms. The van der Waals surface area contributed by atoms with Gasteiger partial charge in [-0.1, -0.05) is 30.3 Å². The Morgan fingerprint density at radius 1 is 0.971 bits per heavy atom. The molecule has 0 aliphatic carbocycles. The Bertz CT molecular complexity index is 1520. The number of hydrogen-bond donors (Lipinski definition) is 5. The van der Waals surface area contributed by atoms with Crippen LogP contribution in [0, 0.1) is 0 Å². The summed E-state index contributed by atoms with van der Waals surface area (Å²) in [7, 11) is 0. The summed E-state index contributed by atoms with van der Waals surface area (Å²) in [5.74, 6) is -2.70. The summed E-state index contributed by atoms with van der Waals surface area (Å²) in [6.07, 6.45) is 1.76. The van der Waals surface area contributed by atoms with Crippen LogP contribution >= 0.6 is 0 Å². The maximum atomic E-state index is 12.8. The smallest absolute Gasteiger partial charge is 0.329 e. The van der Waals surface area contributed by atoms with Crippen molar-refractivity contribution in [2.75, 3.05) is 6.54 Å². The fourth-order valence-electron chi connectivity index (χ4n) is 3.74. The first kappa shape index (κ1) is 22.5. The number of amides is 2. The Morgan fingerprint density at radius 3 is 2.38 bits per heavy atom. The molecule has 1 atom stereocenters. The summed E-state index contributed by atoms with van der Waals surface area (Å²) in [6.45, 7) is -1.24. The number of nitrogens with one attached hydrogen (secondary N) is 4. The fraction of sp³-hybridized carbons (Fsp3) is 0.174. The highest BCUT2D eigenvalue weighted by Gasteiger charge is 2.24. The van der Waals surface area contributed by atoms with E-state index in [0.29, 0.717) is 5.52 Å². The molecule has 0 aliphatic heterocycles. The number of benzene rings is 2. The van der Waals surface area contributed by atoms with Crippen molar-refractivity contribution in [2.45, 2.75) is 19.0 Å². The number of aromatic nitrogens is 3. The molecule has 0 saturated heterocycles. The molecule has 0 aliphatic rings. The summed E-state index contributed by atoms with van der Waals surface area (Å²) in [6, 6.07) is 12.7. The first-order valence-electron chi connectivity index (χ1n) is 10.4. The maximum Gasteiger partial charge on any atom is 0.329 e. The first-order chi connectivity index (χ1) is 16.3. The van der Waals surface area contributed by atoms with Gasteiger partial charge >= 0.3 is 11.7 Å². The van der Waals surface area contributed by atoms with E-state index in [1.807, 2.05) is 24.3 Å². The molecule has 0 bridgehead atoms. The summed E-state index contributed by atoms with van der Waals surface area (Å²) < 4.78 is 0.746. The van der Waals surface area contributed by atoms with E-state index in [1.54, 1.807) is 24.4 Å². The van der Waals surface area contributed by atoms with Gasteiger partial charge in [-0.15, -0.1) is 0 Å². The van der Waals surface area contributed by atoms with Gasteiger partial charge in [0.05, 0.1) is 10.9 Å². The number of carboxylic acid groups (broad SMARTS) is 1. The predicted molar refractivity (Wildman–Crippen MR) is 123 cm³/mol. The zero-order valence-corrected chi connectivity index (χ0v) is 17.8. The fourth-order valence-corrected chi connectivity index (χ4v) is 3.74. The summed E-state index contributed by atoms with van der Waals surface area (Å²) in [5, 5.41) is 14.7. The van der Waals surface area contributed by atoms with Gasteiger partial charge in [-0.05, 0) is 23.8 Å². The average molecular weight is 463 g/mol. The molecule has 2 amide bonds. The van der Waals surface area contributed by atoms with Crippen molar-refractivity contribution in [3.05, 3.63) is 81.1 Å². The highest BCUT2D eigenvalue weighted by molar-refractivity contribution is 5.91. The van der Waals surface area contributed by atoms with Gasteiger partial charge in [-0.3, -0.25) is 23.7 Å². The lowest BCUT2D eigenvalue weighted by Crippen LogP contribution is -2.51. The number of nitrogens with zero attached hydrogens (tertiary/aromatic N) is 1. The lowest BCUT2D eigenvalue weighted by atomic mass is 10.0. The lowest BCUT2D eigenvalue weighted by molar-refractivity contribution is -0.138. The van der Waals surface area contributed by atoms with Gasteiger partial charge in [-0.2, -0.15) is 0 Å². The number of rotatable bonds is 8. The molecule has 4 aromatic rings. The van der Waals surface area contributed by atoms with Gasteiger partial charge in [0.15, 0.2) is 0 Å². The minimum absolute atomic E-state index is 0.0597. The Kier molecular flexibility index (Phi) is 6.26. The van der Waals surface area contributed by atoms with Crippen LogP contribution in [0.4, 0.5) is 0 Å². The quantitative estimate of drug-likeness (QED) is 0.248. The Labute approximate surface area is 191 Å². The van der Waals surface area contributed by atoms with E-state index in [-0.39, 0.29) is 11.8 Å². The number of fused-ring (bicyclic) bond motifs is 2. The molecule has 4 rings (SSSR count). The van der Waals surface area contributed by atoms with E-state index in [9.17, 15) is 24.0 Å². The number of aliphatic carboxylic acids is 1. The third-order valence-corrected chi connectivity index (χ3v) is 5.36. The van der Waals surface area contributed by atoms with Crippen LogP contribution in [-0.2, 0) is 27.3 Å². The van der Waals surface area contributed by atoms with E-state index in [4.69, 9.17) is 5.11 Å². The largest absolute Gasteiger partial charge is 0.480 e. The molecule has 174 valence electrons. The second-order valence-electron chi connectivity index (χ2n) is 7.66.